The summed E-state index contributed by atoms with van der Waals surface area (Å²) in [4.78, 5) is 9.55. The molecule has 2 N–H and O–H groups in total. The molecule has 0 saturated carbocycles. The topological polar surface area (TPSA) is 86.5 Å². The standard InChI is InChI=1S/C18H19Cl2NO4S/c1-17(2,3)18(25-16(21)22,13-10-7-11-14(19)15(13)20)26(23,24)12-8-5-4-6-9-12/h4-11H,1-3H3,(H2,21,22). The second-order valence-corrected chi connectivity index (χ2v) is 9.54. The molecule has 0 saturated heterocycles. The molecule has 2 aromatic carbocycles. The molecule has 140 valence electrons. The van der Waals surface area contributed by atoms with Crippen molar-refractivity contribution in [1.29, 1.82) is 0 Å². The van der Waals surface area contributed by atoms with Crippen LogP contribution in [0.4, 0.5) is 4.79 Å². The van der Waals surface area contributed by atoms with E-state index in [0.29, 0.717) is 0 Å². The third-order valence-electron chi connectivity index (χ3n) is 3.97. The van der Waals surface area contributed by atoms with Crippen molar-refractivity contribution in [2.24, 2.45) is 11.1 Å². The van der Waals surface area contributed by atoms with Crippen LogP contribution in [0.3, 0.4) is 0 Å². The van der Waals surface area contributed by atoms with Crippen LogP contribution < -0.4 is 5.73 Å². The molecule has 0 aromatic heterocycles. The molecule has 0 bridgehead atoms. The van der Waals surface area contributed by atoms with Crippen LogP contribution >= 0.6 is 23.2 Å². The van der Waals surface area contributed by atoms with E-state index in [-0.39, 0.29) is 20.5 Å². The second-order valence-electron chi connectivity index (χ2n) is 6.71. The van der Waals surface area contributed by atoms with Crippen molar-refractivity contribution in [3.8, 4) is 0 Å². The molecule has 5 nitrogen and oxygen atoms in total. The molecule has 26 heavy (non-hydrogen) atoms. The first-order valence-electron chi connectivity index (χ1n) is 7.68. The highest BCUT2D eigenvalue weighted by molar-refractivity contribution is 7.92. The van der Waals surface area contributed by atoms with Crippen LogP contribution in [0.1, 0.15) is 26.3 Å². The number of halogens is 2. The van der Waals surface area contributed by atoms with Crippen LogP contribution in [0.5, 0.6) is 0 Å². The maximum Gasteiger partial charge on any atom is 0.406 e. The number of carbonyl (C=O) groups is 1. The predicted molar refractivity (Wildman–Crippen MR) is 102 cm³/mol. The Kier molecular flexibility index (Phi) is 5.61. The third-order valence-corrected chi connectivity index (χ3v) is 7.35. The highest BCUT2D eigenvalue weighted by Crippen LogP contribution is 2.52. The molecule has 0 fully saturated rings. The van der Waals surface area contributed by atoms with E-state index in [1.807, 2.05) is 0 Å². The van der Waals surface area contributed by atoms with E-state index >= 15 is 0 Å². The molecule has 1 atom stereocenters. The Bertz CT molecular complexity index is 924. The lowest BCUT2D eigenvalue weighted by atomic mass is 9.83. The summed E-state index contributed by atoms with van der Waals surface area (Å²) in [5, 5.41) is 0.110. The summed E-state index contributed by atoms with van der Waals surface area (Å²) in [5.74, 6) is 0. The van der Waals surface area contributed by atoms with Crippen LogP contribution in [0, 0.1) is 5.41 Å². The van der Waals surface area contributed by atoms with Gasteiger partial charge in [0.1, 0.15) is 0 Å². The van der Waals surface area contributed by atoms with Crippen molar-refractivity contribution in [3.63, 3.8) is 0 Å². The van der Waals surface area contributed by atoms with Gasteiger partial charge in [0.15, 0.2) is 0 Å². The zero-order valence-corrected chi connectivity index (χ0v) is 16.8. The van der Waals surface area contributed by atoms with Crippen LogP contribution in [0.25, 0.3) is 0 Å². The van der Waals surface area contributed by atoms with Gasteiger partial charge < -0.3 is 10.5 Å². The van der Waals surface area contributed by atoms with E-state index in [2.05, 4.69) is 0 Å². The maximum absolute atomic E-state index is 13.7. The number of primary amides is 1. The Morgan fingerprint density at radius 3 is 2.08 bits per heavy atom. The average Bonchev–Trinajstić information content (AvgIpc) is 2.55. The Morgan fingerprint density at radius 2 is 1.58 bits per heavy atom. The Labute approximate surface area is 163 Å². The predicted octanol–water partition coefficient (Wildman–Crippen LogP) is 4.76. The van der Waals surface area contributed by atoms with Crippen LogP contribution in [0.2, 0.25) is 10.0 Å². The van der Waals surface area contributed by atoms with Gasteiger partial charge in [-0.05, 0) is 18.2 Å². The van der Waals surface area contributed by atoms with Crippen LogP contribution in [-0.4, -0.2) is 14.5 Å². The van der Waals surface area contributed by atoms with Crippen molar-refractivity contribution in [3.05, 3.63) is 64.1 Å². The third kappa shape index (κ3) is 3.29. The van der Waals surface area contributed by atoms with Gasteiger partial charge in [-0.2, -0.15) is 0 Å². The van der Waals surface area contributed by atoms with Gasteiger partial charge in [-0.15, -0.1) is 0 Å². The smallest absolute Gasteiger partial charge is 0.406 e. The number of hydrogen-bond donors (Lipinski definition) is 1. The SMILES string of the molecule is CC(C)(C)C(OC(N)=O)(c1cccc(Cl)c1Cl)S(=O)(=O)c1ccccc1. The Balaban J connectivity index is 2.99. The summed E-state index contributed by atoms with van der Waals surface area (Å²) in [6.07, 6.45) is -1.24. The Morgan fingerprint density at radius 1 is 1.00 bits per heavy atom. The van der Waals surface area contributed by atoms with Gasteiger partial charge in [-0.25, -0.2) is 13.2 Å². The van der Waals surface area contributed by atoms with Gasteiger partial charge in [0.2, 0.25) is 14.8 Å². The van der Waals surface area contributed by atoms with Crippen LogP contribution in [-0.2, 0) is 19.5 Å². The lowest BCUT2D eigenvalue weighted by Gasteiger charge is -2.43. The fourth-order valence-corrected chi connectivity index (χ4v) is 5.67. The minimum Gasteiger partial charge on any atom is -0.421 e. The van der Waals surface area contributed by atoms with Gasteiger partial charge in [0.25, 0.3) is 0 Å². The maximum atomic E-state index is 13.7. The number of nitrogens with two attached hydrogens (primary N) is 1. The van der Waals surface area contributed by atoms with Gasteiger partial charge in [0, 0.05) is 11.0 Å². The van der Waals surface area contributed by atoms with Gasteiger partial charge >= 0.3 is 6.09 Å². The number of rotatable bonds is 4. The zero-order chi connectivity index (χ0) is 19.8. The fraction of sp³-hybridized carbons (Fsp3) is 0.278. The molecule has 0 aliphatic rings. The summed E-state index contributed by atoms with van der Waals surface area (Å²) in [6, 6.07) is 12.2. The second kappa shape index (κ2) is 7.10. The van der Waals surface area contributed by atoms with Gasteiger partial charge in [0.05, 0.1) is 14.9 Å². The van der Waals surface area contributed by atoms with E-state index < -0.39 is 26.3 Å². The first-order chi connectivity index (χ1) is 11.9. The number of ether oxygens (including phenoxy) is 1. The number of benzene rings is 2. The fourth-order valence-electron chi connectivity index (χ4n) is 2.88. The van der Waals surface area contributed by atoms with Crippen LogP contribution in [0.15, 0.2) is 53.4 Å². The quantitative estimate of drug-likeness (QED) is 0.779. The molecular formula is C18H19Cl2NO4S. The molecule has 8 heteroatoms. The van der Waals surface area contributed by atoms with E-state index in [4.69, 9.17) is 33.7 Å². The molecule has 2 rings (SSSR count). The molecule has 2 aromatic rings. The zero-order valence-electron chi connectivity index (χ0n) is 14.5. The van der Waals surface area contributed by atoms with E-state index in [0.717, 1.165) is 0 Å². The number of carbonyl (C=O) groups excluding carboxylic acids is 1. The van der Waals surface area contributed by atoms with Crippen molar-refractivity contribution in [2.45, 2.75) is 30.6 Å². The number of hydrogen-bond acceptors (Lipinski definition) is 4. The molecule has 0 aliphatic heterocycles. The molecule has 0 radical (unpaired) electrons. The van der Waals surface area contributed by atoms with E-state index in [9.17, 15) is 13.2 Å². The average molecular weight is 416 g/mol. The molecule has 1 unspecified atom stereocenters. The number of sulfone groups is 1. The highest BCUT2D eigenvalue weighted by Gasteiger charge is 2.59. The Hall–Kier alpha value is -1.76. The van der Waals surface area contributed by atoms with Gasteiger partial charge in [-0.3, -0.25) is 0 Å². The van der Waals surface area contributed by atoms with E-state index in [1.54, 1.807) is 39.0 Å². The molecule has 1 amide bonds. The minimum absolute atomic E-state index is 0.0233. The largest absolute Gasteiger partial charge is 0.421 e. The minimum atomic E-state index is -4.27. The summed E-state index contributed by atoms with van der Waals surface area (Å²) in [5.41, 5.74) is 4.18. The first kappa shape index (κ1) is 20.6. The number of amides is 1. The summed E-state index contributed by atoms with van der Waals surface area (Å²) in [7, 11) is -4.27. The highest BCUT2D eigenvalue weighted by atomic mass is 35.5. The summed E-state index contributed by atoms with van der Waals surface area (Å²) in [6.45, 7) is 4.86. The molecule has 0 heterocycles. The first-order valence-corrected chi connectivity index (χ1v) is 9.91. The lowest BCUT2D eigenvalue weighted by Crippen LogP contribution is -2.51. The normalized spacial score (nSPS) is 14.5. The van der Waals surface area contributed by atoms with Crippen molar-refractivity contribution in [2.75, 3.05) is 0 Å². The van der Waals surface area contributed by atoms with Crippen molar-refractivity contribution >= 4 is 39.1 Å². The lowest BCUT2D eigenvalue weighted by molar-refractivity contribution is -0.00291. The van der Waals surface area contributed by atoms with E-state index in [1.165, 1.54) is 30.3 Å². The van der Waals surface area contributed by atoms with Gasteiger partial charge in [-0.1, -0.05) is 74.3 Å². The van der Waals surface area contributed by atoms with Crippen molar-refractivity contribution in [1.82, 2.24) is 0 Å². The molecule has 0 aliphatic carbocycles. The molecular weight excluding hydrogens is 397 g/mol. The van der Waals surface area contributed by atoms with Crippen molar-refractivity contribution < 1.29 is 17.9 Å². The monoisotopic (exact) mass is 415 g/mol. The molecule has 0 spiro atoms. The summed E-state index contributed by atoms with van der Waals surface area (Å²) < 4.78 is 32.7. The summed E-state index contributed by atoms with van der Waals surface area (Å²) >= 11 is 12.4.